The Morgan fingerprint density at radius 3 is 3.00 bits per heavy atom. The van der Waals surface area contributed by atoms with Crippen molar-refractivity contribution >= 4 is 11.5 Å². The van der Waals surface area contributed by atoms with Crippen molar-refractivity contribution in [2.45, 2.75) is 38.5 Å². The van der Waals surface area contributed by atoms with E-state index in [9.17, 15) is 4.79 Å². The van der Waals surface area contributed by atoms with E-state index in [1.165, 1.54) is 43.0 Å². The van der Waals surface area contributed by atoms with Gasteiger partial charge in [-0.3, -0.25) is 0 Å². The molecule has 102 valence electrons. The number of H-pyrrole nitrogens is 1. The highest BCUT2D eigenvalue weighted by atomic mass is 16.2. The van der Waals surface area contributed by atoms with Gasteiger partial charge in [-0.15, -0.1) is 5.10 Å². The van der Waals surface area contributed by atoms with E-state index in [1.807, 2.05) is 6.07 Å². The predicted molar refractivity (Wildman–Crippen MR) is 73.3 cm³/mol. The lowest BCUT2D eigenvalue weighted by atomic mass is 9.87. The zero-order valence-electron chi connectivity index (χ0n) is 10.9. The van der Waals surface area contributed by atoms with E-state index in [4.69, 9.17) is 0 Å². The monoisotopic (exact) mass is 261 g/mol. The van der Waals surface area contributed by atoms with Gasteiger partial charge in [0.05, 0.1) is 0 Å². The predicted octanol–water partition coefficient (Wildman–Crippen LogP) is 1.80. The second-order valence-electron chi connectivity index (χ2n) is 5.24. The molecule has 0 aromatic carbocycles. The van der Waals surface area contributed by atoms with Gasteiger partial charge >= 0.3 is 5.69 Å². The first-order valence-corrected chi connectivity index (χ1v) is 7.01. The van der Waals surface area contributed by atoms with Crippen molar-refractivity contribution in [2.24, 2.45) is 5.92 Å². The molecule has 19 heavy (non-hydrogen) atoms. The summed E-state index contributed by atoms with van der Waals surface area (Å²) in [5.74, 6) is 1.58. The molecule has 2 heterocycles. The lowest BCUT2D eigenvalue weighted by Gasteiger charge is -2.21. The Bertz CT molecular complexity index is 596. The molecule has 2 aromatic heterocycles. The van der Waals surface area contributed by atoms with Gasteiger partial charge in [0.25, 0.3) is 0 Å². The van der Waals surface area contributed by atoms with Crippen LogP contribution in [0.25, 0.3) is 5.65 Å². The van der Waals surface area contributed by atoms with Crippen LogP contribution in [0.15, 0.2) is 16.9 Å². The standard InChI is InChI=1S/C13H19N5O/c19-13-16-15-12-7-6-11(17-18(12)13)14-9-8-10-4-2-1-3-5-10/h6-7,10H,1-5,8-9H2,(H,14,17)(H,16,19). The van der Waals surface area contributed by atoms with Crippen molar-refractivity contribution in [1.82, 2.24) is 19.8 Å². The molecule has 3 rings (SSSR count). The largest absolute Gasteiger partial charge is 0.369 e. The van der Waals surface area contributed by atoms with Gasteiger partial charge in [-0.25, -0.2) is 9.89 Å². The van der Waals surface area contributed by atoms with Gasteiger partial charge in [0.1, 0.15) is 5.82 Å². The van der Waals surface area contributed by atoms with Gasteiger partial charge in [-0.05, 0) is 24.5 Å². The molecule has 0 atom stereocenters. The Kier molecular flexibility index (Phi) is 3.48. The fraction of sp³-hybridized carbons (Fsp3) is 0.615. The number of nitrogens with one attached hydrogen (secondary N) is 2. The summed E-state index contributed by atoms with van der Waals surface area (Å²) < 4.78 is 1.28. The Balaban J connectivity index is 1.58. The number of fused-ring (bicyclic) bond motifs is 1. The third kappa shape index (κ3) is 2.77. The van der Waals surface area contributed by atoms with Crippen LogP contribution < -0.4 is 11.0 Å². The van der Waals surface area contributed by atoms with Crippen LogP contribution in [-0.2, 0) is 0 Å². The van der Waals surface area contributed by atoms with Crippen LogP contribution in [0, 0.1) is 5.92 Å². The number of rotatable bonds is 4. The van der Waals surface area contributed by atoms with Crippen LogP contribution in [-0.4, -0.2) is 26.4 Å². The average molecular weight is 261 g/mol. The Morgan fingerprint density at radius 1 is 1.32 bits per heavy atom. The molecule has 0 spiro atoms. The van der Waals surface area contributed by atoms with E-state index in [0.717, 1.165) is 18.3 Å². The summed E-state index contributed by atoms with van der Waals surface area (Å²) in [4.78, 5) is 11.4. The normalized spacial score (nSPS) is 16.8. The third-order valence-corrected chi connectivity index (χ3v) is 3.86. The first-order valence-electron chi connectivity index (χ1n) is 7.01. The van der Waals surface area contributed by atoms with Gasteiger partial charge in [0.2, 0.25) is 0 Å². The van der Waals surface area contributed by atoms with Gasteiger partial charge in [-0.1, -0.05) is 32.1 Å². The number of hydrogen-bond donors (Lipinski definition) is 2. The quantitative estimate of drug-likeness (QED) is 0.880. The van der Waals surface area contributed by atoms with E-state index < -0.39 is 0 Å². The fourth-order valence-electron chi connectivity index (χ4n) is 2.78. The summed E-state index contributed by atoms with van der Waals surface area (Å²) in [5.41, 5.74) is 0.244. The smallest absolute Gasteiger partial charge is 0.364 e. The number of anilines is 1. The van der Waals surface area contributed by atoms with Crippen molar-refractivity contribution in [3.63, 3.8) is 0 Å². The molecule has 6 heteroatoms. The lowest BCUT2D eigenvalue weighted by molar-refractivity contribution is 0.345. The van der Waals surface area contributed by atoms with Crippen LogP contribution in [0.5, 0.6) is 0 Å². The molecule has 1 aliphatic rings. The zero-order valence-corrected chi connectivity index (χ0v) is 10.9. The van der Waals surface area contributed by atoms with Crippen LogP contribution in [0.1, 0.15) is 38.5 Å². The highest BCUT2D eigenvalue weighted by molar-refractivity contribution is 5.42. The maximum atomic E-state index is 11.4. The summed E-state index contributed by atoms with van der Waals surface area (Å²) in [6.07, 6.45) is 8.04. The molecule has 2 aromatic rings. The van der Waals surface area contributed by atoms with Gasteiger partial charge in [0, 0.05) is 6.54 Å². The first-order chi connectivity index (χ1) is 9.33. The van der Waals surface area contributed by atoms with E-state index in [0.29, 0.717) is 5.65 Å². The highest BCUT2D eigenvalue weighted by Gasteiger charge is 2.12. The molecule has 1 fully saturated rings. The summed E-state index contributed by atoms with van der Waals surface area (Å²) in [6, 6.07) is 3.64. The highest BCUT2D eigenvalue weighted by Crippen LogP contribution is 2.26. The van der Waals surface area contributed by atoms with Gasteiger partial charge in [0.15, 0.2) is 5.65 Å². The number of aromatic amines is 1. The molecule has 0 saturated heterocycles. The van der Waals surface area contributed by atoms with E-state index in [1.54, 1.807) is 6.07 Å². The third-order valence-electron chi connectivity index (χ3n) is 3.86. The minimum atomic E-state index is -0.300. The second-order valence-corrected chi connectivity index (χ2v) is 5.24. The molecule has 2 N–H and O–H groups in total. The first kappa shape index (κ1) is 12.2. The Hall–Kier alpha value is -1.85. The minimum absolute atomic E-state index is 0.300. The Labute approximate surface area is 111 Å². The lowest BCUT2D eigenvalue weighted by Crippen LogP contribution is -2.16. The summed E-state index contributed by atoms with van der Waals surface area (Å²) in [5, 5.41) is 13.7. The van der Waals surface area contributed by atoms with Crippen LogP contribution >= 0.6 is 0 Å². The maximum absolute atomic E-state index is 11.4. The maximum Gasteiger partial charge on any atom is 0.364 e. The number of hydrogen-bond acceptors (Lipinski definition) is 4. The van der Waals surface area contributed by atoms with Crippen LogP contribution in [0.3, 0.4) is 0 Å². The second kappa shape index (κ2) is 5.42. The molecule has 0 aliphatic heterocycles. The summed E-state index contributed by atoms with van der Waals surface area (Å²) >= 11 is 0. The van der Waals surface area contributed by atoms with Crippen molar-refractivity contribution in [1.29, 1.82) is 0 Å². The molecule has 0 bridgehead atoms. The molecule has 0 radical (unpaired) electrons. The molecule has 1 aliphatic carbocycles. The zero-order chi connectivity index (χ0) is 13.1. The molecular formula is C13H19N5O. The molecule has 6 nitrogen and oxygen atoms in total. The average Bonchev–Trinajstić information content (AvgIpc) is 2.82. The molecule has 0 amide bonds. The summed E-state index contributed by atoms with van der Waals surface area (Å²) in [7, 11) is 0. The SMILES string of the molecule is O=c1[nH]nc2ccc(NCCC3CCCCC3)nn12. The summed E-state index contributed by atoms with van der Waals surface area (Å²) in [6.45, 7) is 0.912. The number of aromatic nitrogens is 4. The van der Waals surface area contributed by atoms with E-state index >= 15 is 0 Å². The number of nitrogens with zero attached hydrogens (tertiary/aromatic N) is 3. The van der Waals surface area contributed by atoms with Crippen molar-refractivity contribution in [3.8, 4) is 0 Å². The van der Waals surface area contributed by atoms with E-state index in [-0.39, 0.29) is 5.69 Å². The van der Waals surface area contributed by atoms with Gasteiger partial charge < -0.3 is 5.32 Å². The van der Waals surface area contributed by atoms with Gasteiger partial charge in [-0.2, -0.15) is 9.61 Å². The van der Waals surface area contributed by atoms with E-state index in [2.05, 4.69) is 20.6 Å². The molecular weight excluding hydrogens is 242 g/mol. The minimum Gasteiger partial charge on any atom is -0.369 e. The molecule has 1 saturated carbocycles. The van der Waals surface area contributed by atoms with Crippen LogP contribution in [0.4, 0.5) is 5.82 Å². The van der Waals surface area contributed by atoms with Crippen molar-refractivity contribution in [3.05, 3.63) is 22.6 Å². The fourth-order valence-corrected chi connectivity index (χ4v) is 2.78. The molecule has 0 unspecified atom stereocenters. The van der Waals surface area contributed by atoms with Crippen molar-refractivity contribution < 1.29 is 0 Å². The van der Waals surface area contributed by atoms with Crippen LogP contribution in [0.2, 0.25) is 0 Å². The van der Waals surface area contributed by atoms with Crippen molar-refractivity contribution in [2.75, 3.05) is 11.9 Å². The topological polar surface area (TPSA) is 75.1 Å². The Morgan fingerprint density at radius 2 is 2.16 bits per heavy atom.